The Morgan fingerprint density at radius 1 is 1.04 bits per heavy atom. The van der Waals surface area contributed by atoms with E-state index in [4.69, 9.17) is 5.21 Å². The zero-order valence-electron chi connectivity index (χ0n) is 13.8. The van der Waals surface area contributed by atoms with Crippen molar-refractivity contribution < 1.29 is 10.0 Å². The molecule has 0 atom stereocenters. The van der Waals surface area contributed by atoms with Crippen LogP contribution in [-0.4, -0.2) is 26.1 Å². The van der Waals surface area contributed by atoms with E-state index in [-0.39, 0.29) is 0 Å². The Hall–Kier alpha value is -2.99. The number of hydrogen-bond donors (Lipinski definition) is 2. The molecule has 0 aliphatic heterocycles. The molecule has 2 N–H and O–H groups in total. The smallest absolute Gasteiger partial charge is 0.274 e. The average Bonchev–Trinajstić information content (AvgIpc) is 3.14. The quantitative estimate of drug-likeness (QED) is 0.395. The summed E-state index contributed by atoms with van der Waals surface area (Å²) in [5.41, 5.74) is 5.00. The lowest BCUT2D eigenvalue weighted by Crippen LogP contribution is -2.18. The highest BCUT2D eigenvalue weighted by Gasteiger charge is 2.07. The van der Waals surface area contributed by atoms with Gasteiger partial charge < -0.3 is 0 Å². The van der Waals surface area contributed by atoms with Crippen molar-refractivity contribution in [2.24, 2.45) is 0 Å². The second kappa shape index (κ2) is 8.21. The summed E-state index contributed by atoms with van der Waals surface area (Å²) >= 11 is 0. The van der Waals surface area contributed by atoms with Crippen LogP contribution in [0.15, 0.2) is 60.8 Å². The predicted molar refractivity (Wildman–Crippen MR) is 94.1 cm³/mol. The highest BCUT2D eigenvalue weighted by molar-refractivity contribution is 5.93. The first-order valence-corrected chi connectivity index (χ1v) is 8.25. The van der Waals surface area contributed by atoms with Gasteiger partial charge in [-0.1, -0.05) is 47.7 Å². The fourth-order valence-electron chi connectivity index (χ4n) is 2.64. The van der Waals surface area contributed by atoms with Crippen molar-refractivity contribution in [1.29, 1.82) is 0 Å². The third-order valence-corrected chi connectivity index (χ3v) is 4.03. The summed E-state index contributed by atoms with van der Waals surface area (Å²) in [6.07, 6.45) is 5.11. The number of carbonyl (C=O) groups is 1. The van der Waals surface area contributed by atoms with Crippen LogP contribution in [0.25, 0.3) is 11.3 Å². The zero-order valence-corrected chi connectivity index (χ0v) is 13.8. The minimum atomic E-state index is -0.534. The van der Waals surface area contributed by atoms with Crippen LogP contribution in [0, 0.1) is 0 Å². The van der Waals surface area contributed by atoms with Crippen LogP contribution in [0.5, 0.6) is 0 Å². The molecule has 0 unspecified atom stereocenters. The van der Waals surface area contributed by atoms with Crippen molar-refractivity contribution in [2.75, 3.05) is 0 Å². The molecule has 0 aliphatic carbocycles. The molecule has 1 aromatic heterocycles. The van der Waals surface area contributed by atoms with Gasteiger partial charge in [-0.2, -0.15) is 0 Å². The SMILES string of the molecule is O=C(NO)c1ccc(-c2cn(CCCCc3ccccc3)nn2)cc1. The van der Waals surface area contributed by atoms with E-state index in [1.807, 2.05) is 16.9 Å². The molecule has 25 heavy (non-hydrogen) atoms. The summed E-state index contributed by atoms with van der Waals surface area (Å²) in [7, 11) is 0. The molecule has 0 aliphatic rings. The van der Waals surface area contributed by atoms with Crippen LogP contribution in [0.1, 0.15) is 28.8 Å². The number of nitrogens with one attached hydrogen (secondary N) is 1. The van der Waals surface area contributed by atoms with E-state index >= 15 is 0 Å². The summed E-state index contributed by atoms with van der Waals surface area (Å²) in [6, 6.07) is 17.3. The minimum absolute atomic E-state index is 0.388. The van der Waals surface area contributed by atoms with Gasteiger partial charge in [0.25, 0.3) is 5.91 Å². The van der Waals surface area contributed by atoms with Crippen LogP contribution in [0.3, 0.4) is 0 Å². The standard InChI is InChI=1S/C19H20N4O2/c24-19(21-25)17-11-9-16(10-12-17)18-14-23(22-20-18)13-5-4-8-15-6-2-1-3-7-15/h1-3,6-7,9-12,14,25H,4-5,8,13H2,(H,21,24). The molecular weight excluding hydrogens is 316 g/mol. The Kier molecular flexibility index (Phi) is 5.53. The third-order valence-electron chi connectivity index (χ3n) is 4.03. The number of aryl methyl sites for hydroxylation is 2. The largest absolute Gasteiger partial charge is 0.288 e. The lowest BCUT2D eigenvalue weighted by Gasteiger charge is -2.02. The van der Waals surface area contributed by atoms with E-state index in [9.17, 15) is 4.79 Å². The lowest BCUT2D eigenvalue weighted by atomic mass is 10.1. The average molecular weight is 336 g/mol. The fourth-order valence-corrected chi connectivity index (χ4v) is 2.64. The molecule has 128 valence electrons. The molecule has 2 aromatic carbocycles. The van der Waals surface area contributed by atoms with Crippen LogP contribution in [-0.2, 0) is 13.0 Å². The summed E-state index contributed by atoms with van der Waals surface area (Å²) in [5, 5.41) is 17.0. The molecule has 0 saturated carbocycles. The zero-order chi connectivity index (χ0) is 17.5. The van der Waals surface area contributed by atoms with E-state index in [0.29, 0.717) is 5.56 Å². The van der Waals surface area contributed by atoms with Gasteiger partial charge in [0.1, 0.15) is 5.69 Å². The van der Waals surface area contributed by atoms with Crippen molar-refractivity contribution in [3.8, 4) is 11.3 Å². The number of benzene rings is 2. The van der Waals surface area contributed by atoms with Gasteiger partial charge in [0, 0.05) is 17.7 Å². The topological polar surface area (TPSA) is 80.0 Å². The number of aromatic nitrogens is 3. The first-order chi connectivity index (χ1) is 12.3. The first kappa shape index (κ1) is 16.9. The van der Waals surface area contributed by atoms with Crippen LogP contribution in [0.2, 0.25) is 0 Å². The molecule has 0 saturated heterocycles. The highest BCUT2D eigenvalue weighted by Crippen LogP contribution is 2.17. The Balaban J connectivity index is 1.52. The number of rotatable bonds is 7. The molecule has 6 heteroatoms. The first-order valence-electron chi connectivity index (χ1n) is 8.25. The number of carbonyl (C=O) groups excluding carboxylic acids is 1. The maximum Gasteiger partial charge on any atom is 0.274 e. The van der Waals surface area contributed by atoms with Crippen molar-refractivity contribution in [3.05, 3.63) is 71.9 Å². The summed E-state index contributed by atoms with van der Waals surface area (Å²) < 4.78 is 1.84. The Bertz CT molecular complexity index is 813. The molecule has 1 heterocycles. The molecule has 3 aromatic rings. The van der Waals surface area contributed by atoms with Crippen molar-refractivity contribution >= 4 is 5.91 Å². The maximum absolute atomic E-state index is 11.3. The number of amides is 1. The summed E-state index contributed by atoms with van der Waals surface area (Å²) in [6.45, 7) is 0.824. The van der Waals surface area contributed by atoms with E-state index in [1.54, 1.807) is 29.7 Å². The molecular formula is C19H20N4O2. The van der Waals surface area contributed by atoms with Gasteiger partial charge in [0.15, 0.2) is 0 Å². The van der Waals surface area contributed by atoms with Gasteiger partial charge >= 0.3 is 0 Å². The van der Waals surface area contributed by atoms with Gasteiger partial charge in [-0.25, -0.2) is 5.48 Å². The Labute approximate surface area is 146 Å². The van der Waals surface area contributed by atoms with Gasteiger partial charge in [0.2, 0.25) is 0 Å². The Morgan fingerprint density at radius 3 is 2.52 bits per heavy atom. The normalized spacial score (nSPS) is 10.6. The molecule has 0 bridgehead atoms. The molecule has 6 nitrogen and oxygen atoms in total. The number of hydroxylamine groups is 1. The Morgan fingerprint density at radius 2 is 1.80 bits per heavy atom. The lowest BCUT2D eigenvalue weighted by molar-refractivity contribution is 0.0706. The summed E-state index contributed by atoms with van der Waals surface area (Å²) in [5.74, 6) is -0.534. The molecule has 0 fully saturated rings. The molecule has 0 spiro atoms. The van der Waals surface area contributed by atoms with Crippen molar-refractivity contribution in [2.45, 2.75) is 25.8 Å². The monoisotopic (exact) mass is 336 g/mol. The minimum Gasteiger partial charge on any atom is -0.288 e. The van der Waals surface area contributed by atoms with Gasteiger partial charge in [0.05, 0.1) is 6.20 Å². The molecule has 0 radical (unpaired) electrons. The van der Waals surface area contributed by atoms with Crippen molar-refractivity contribution in [1.82, 2.24) is 20.5 Å². The highest BCUT2D eigenvalue weighted by atomic mass is 16.5. The van der Waals surface area contributed by atoms with Crippen LogP contribution in [0.4, 0.5) is 0 Å². The third kappa shape index (κ3) is 4.51. The van der Waals surface area contributed by atoms with Crippen LogP contribution < -0.4 is 5.48 Å². The number of unbranched alkanes of at least 4 members (excludes halogenated alkanes) is 1. The fraction of sp³-hybridized carbons (Fsp3) is 0.211. The van der Waals surface area contributed by atoms with Gasteiger partial charge in [-0.15, -0.1) is 5.10 Å². The predicted octanol–water partition coefficient (Wildman–Crippen LogP) is 3.09. The van der Waals surface area contributed by atoms with E-state index in [2.05, 4.69) is 34.6 Å². The van der Waals surface area contributed by atoms with Crippen LogP contribution >= 0.6 is 0 Å². The van der Waals surface area contributed by atoms with Crippen molar-refractivity contribution in [3.63, 3.8) is 0 Å². The molecule has 1 amide bonds. The number of nitrogens with zero attached hydrogens (tertiary/aromatic N) is 3. The maximum atomic E-state index is 11.3. The van der Waals surface area contributed by atoms with Gasteiger partial charge in [-0.05, 0) is 37.0 Å². The van der Waals surface area contributed by atoms with Gasteiger partial charge in [-0.3, -0.25) is 14.7 Å². The van der Waals surface area contributed by atoms with E-state index in [1.165, 1.54) is 5.56 Å². The summed E-state index contributed by atoms with van der Waals surface area (Å²) in [4.78, 5) is 11.3. The number of hydrogen-bond acceptors (Lipinski definition) is 4. The second-order valence-corrected chi connectivity index (χ2v) is 5.83. The van der Waals surface area contributed by atoms with E-state index in [0.717, 1.165) is 37.1 Å². The van der Waals surface area contributed by atoms with E-state index < -0.39 is 5.91 Å². The molecule has 3 rings (SSSR count). The second-order valence-electron chi connectivity index (χ2n) is 5.83.